The number of nitrogens with zero attached hydrogens (tertiary/aromatic N) is 1. The molecule has 5 heteroatoms. The van der Waals surface area contributed by atoms with Crippen molar-refractivity contribution >= 4 is 17.2 Å². The van der Waals surface area contributed by atoms with Crippen LogP contribution in [0.3, 0.4) is 0 Å². The molecule has 4 nitrogen and oxygen atoms in total. The van der Waals surface area contributed by atoms with Gasteiger partial charge in [0, 0.05) is 17.5 Å². The van der Waals surface area contributed by atoms with Crippen molar-refractivity contribution < 1.29 is 9.53 Å². The summed E-state index contributed by atoms with van der Waals surface area (Å²) < 4.78 is 5.16. The van der Waals surface area contributed by atoms with Gasteiger partial charge < -0.3 is 10.1 Å². The number of benzene rings is 2. The highest BCUT2D eigenvalue weighted by Crippen LogP contribution is 2.25. The van der Waals surface area contributed by atoms with Crippen molar-refractivity contribution in [1.29, 1.82) is 0 Å². The summed E-state index contributed by atoms with van der Waals surface area (Å²) in [5, 5.41) is 5.56. The Bertz CT molecular complexity index is 856. The zero-order valence-electron chi connectivity index (χ0n) is 14.3. The van der Waals surface area contributed by atoms with E-state index in [1.807, 2.05) is 36.4 Å². The molecular formula is C20H20N2O2S. The van der Waals surface area contributed by atoms with E-state index in [1.165, 1.54) is 22.5 Å². The normalized spacial score (nSPS) is 10.5. The number of methoxy groups -OCH3 is 1. The monoisotopic (exact) mass is 352 g/mol. The number of aryl methyl sites for hydroxylation is 1. The van der Waals surface area contributed by atoms with Crippen LogP contribution in [0.2, 0.25) is 0 Å². The van der Waals surface area contributed by atoms with Gasteiger partial charge in [-0.2, -0.15) is 0 Å². The predicted molar refractivity (Wildman–Crippen MR) is 101 cm³/mol. The molecule has 0 fully saturated rings. The number of carbonyl (C=O) groups is 1. The summed E-state index contributed by atoms with van der Waals surface area (Å²) in [4.78, 5) is 16.7. The fourth-order valence-corrected chi connectivity index (χ4v) is 3.34. The van der Waals surface area contributed by atoms with Gasteiger partial charge in [-0.25, -0.2) is 4.98 Å². The summed E-state index contributed by atoms with van der Waals surface area (Å²) in [6, 6.07) is 15.9. The second-order valence-corrected chi connectivity index (χ2v) is 6.56. The minimum absolute atomic E-state index is 0.135. The van der Waals surface area contributed by atoms with Crippen molar-refractivity contribution in [3.63, 3.8) is 0 Å². The Balaban J connectivity index is 1.59. The van der Waals surface area contributed by atoms with Gasteiger partial charge >= 0.3 is 0 Å². The quantitative estimate of drug-likeness (QED) is 0.727. The number of thiazole rings is 1. The molecule has 0 bridgehead atoms. The zero-order chi connectivity index (χ0) is 17.6. The molecule has 0 aliphatic heterocycles. The van der Waals surface area contributed by atoms with E-state index in [1.54, 1.807) is 12.5 Å². The summed E-state index contributed by atoms with van der Waals surface area (Å²) in [6.07, 6.45) is 0.813. The molecule has 1 amide bonds. The van der Waals surface area contributed by atoms with Crippen LogP contribution in [-0.2, 0) is 6.42 Å². The third-order valence-electron chi connectivity index (χ3n) is 4.01. The third-order valence-corrected chi connectivity index (χ3v) is 4.91. The number of ether oxygens (including phenoxy) is 1. The van der Waals surface area contributed by atoms with Gasteiger partial charge in [-0.15, -0.1) is 11.3 Å². The Labute approximate surface area is 151 Å². The van der Waals surface area contributed by atoms with Gasteiger partial charge in [0.1, 0.15) is 16.5 Å². The number of carbonyl (C=O) groups excluding carboxylic acids is 1. The number of hydrogen-bond acceptors (Lipinski definition) is 4. The SMILES string of the molecule is COc1ccc(-c2nc(C(=O)NCCc3ccccc3C)cs2)cc1. The van der Waals surface area contributed by atoms with Gasteiger partial charge in [-0.3, -0.25) is 4.79 Å². The van der Waals surface area contributed by atoms with Crippen LogP contribution in [0, 0.1) is 6.92 Å². The summed E-state index contributed by atoms with van der Waals surface area (Å²) >= 11 is 1.46. The lowest BCUT2D eigenvalue weighted by Gasteiger charge is -2.06. The van der Waals surface area contributed by atoms with Crippen molar-refractivity contribution in [2.45, 2.75) is 13.3 Å². The molecule has 2 aromatic carbocycles. The number of rotatable bonds is 6. The van der Waals surface area contributed by atoms with Crippen LogP contribution in [0.4, 0.5) is 0 Å². The highest BCUT2D eigenvalue weighted by Gasteiger charge is 2.11. The molecule has 0 unspecified atom stereocenters. The van der Waals surface area contributed by atoms with Gasteiger partial charge in [-0.05, 0) is 48.7 Å². The van der Waals surface area contributed by atoms with Crippen LogP contribution >= 0.6 is 11.3 Å². The average Bonchev–Trinajstić information content (AvgIpc) is 3.13. The van der Waals surface area contributed by atoms with Crippen molar-refractivity contribution in [1.82, 2.24) is 10.3 Å². The lowest BCUT2D eigenvalue weighted by molar-refractivity contribution is 0.0950. The van der Waals surface area contributed by atoms with Crippen LogP contribution in [0.1, 0.15) is 21.6 Å². The molecule has 128 valence electrons. The fraction of sp³-hybridized carbons (Fsp3) is 0.200. The van der Waals surface area contributed by atoms with E-state index in [-0.39, 0.29) is 5.91 Å². The Hall–Kier alpha value is -2.66. The van der Waals surface area contributed by atoms with Crippen molar-refractivity contribution in [2.75, 3.05) is 13.7 Å². The summed E-state index contributed by atoms with van der Waals surface area (Å²) in [5.41, 5.74) is 3.93. The van der Waals surface area contributed by atoms with E-state index in [9.17, 15) is 4.79 Å². The molecule has 0 aliphatic rings. The van der Waals surface area contributed by atoms with Gasteiger partial charge in [0.25, 0.3) is 5.91 Å². The molecule has 0 atom stereocenters. The van der Waals surface area contributed by atoms with E-state index < -0.39 is 0 Å². The maximum absolute atomic E-state index is 12.3. The Morgan fingerprint density at radius 2 is 1.92 bits per heavy atom. The highest BCUT2D eigenvalue weighted by molar-refractivity contribution is 7.13. The van der Waals surface area contributed by atoms with E-state index in [2.05, 4.69) is 29.4 Å². The Morgan fingerprint density at radius 3 is 2.64 bits per heavy atom. The van der Waals surface area contributed by atoms with Gasteiger partial charge in [0.05, 0.1) is 7.11 Å². The maximum atomic E-state index is 12.3. The topological polar surface area (TPSA) is 51.2 Å². The van der Waals surface area contributed by atoms with Crippen LogP contribution in [0.15, 0.2) is 53.9 Å². The first-order chi connectivity index (χ1) is 12.2. The first-order valence-electron chi connectivity index (χ1n) is 8.10. The van der Waals surface area contributed by atoms with Crippen LogP contribution < -0.4 is 10.1 Å². The first kappa shape index (κ1) is 17.2. The van der Waals surface area contributed by atoms with Crippen molar-refractivity contribution in [2.24, 2.45) is 0 Å². The molecule has 25 heavy (non-hydrogen) atoms. The fourth-order valence-electron chi connectivity index (χ4n) is 2.54. The molecule has 0 saturated carbocycles. The molecule has 0 saturated heterocycles. The molecule has 3 aromatic rings. The lowest BCUT2D eigenvalue weighted by atomic mass is 10.1. The molecular weight excluding hydrogens is 332 g/mol. The number of nitrogens with one attached hydrogen (secondary N) is 1. The molecule has 1 N–H and O–H groups in total. The summed E-state index contributed by atoms with van der Waals surface area (Å²) in [5.74, 6) is 0.666. The number of amides is 1. The molecule has 0 spiro atoms. The number of hydrogen-bond donors (Lipinski definition) is 1. The highest BCUT2D eigenvalue weighted by atomic mass is 32.1. The van der Waals surface area contributed by atoms with Crippen LogP contribution in [0.25, 0.3) is 10.6 Å². The zero-order valence-corrected chi connectivity index (χ0v) is 15.1. The molecule has 1 heterocycles. The second kappa shape index (κ2) is 7.94. The summed E-state index contributed by atoms with van der Waals surface area (Å²) in [6.45, 7) is 2.68. The first-order valence-corrected chi connectivity index (χ1v) is 8.98. The summed E-state index contributed by atoms with van der Waals surface area (Å²) in [7, 11) is 1.64. The molecule has 0 radical (unpaired) electrons. The second-order valence-electron chi connectivity index (χ2n) is 5.70. The van der Waals surface area contributed by atoms with E-state index >= 15 is 0 Å². The third kappa shape index (κ3) is 4.25. The Morgan fingerprint density at radius 1 is 1.16 bits per heavy atom. The lowest BCUT2D eigenvalue weighted by Crippen LogP contribution is -2.26. The molecule has 3 rings (SSSR count). The smallest absolute Gasteiger partial charge is 0.270 e. The van der Waals surface area contributed by atoms with Gasteiger partial charge in [0.15, 0.2) is 0 Å². The van der Waals surface area contributed by atoms with E-state index in [0.29, 0.717) is 12.2 Å². The van der Waals surface area contributed by atoms with Gasteiger partial charge in [0.2, 0.25) is 0 Å². The minimum atomic E-state index is -0.135. The van der Waals surface area contributed by atoms with Crippen LogP contribution in [-0.4, -0.2) is 24.5 Å². The average molecular weight is 352 g/mol. The van der Waals surface area contributed by atoms with Crippen molar-refractivity contribution in [3.8, 4) is 16.3 Å². The maximum Gasteiger partial charge on any atom is 0.270 e. The Kier molecular flexibility index (Phi) is 5.46. The predicted octanol–water partition coefficient (Wildman–Crippen LogP) is 4.10. The van der Waals surface area contributed by atoms with Crippen molar-refractivity contribution in [3.05, 3.63) is 70.7 Å². The largest absolute Gasteiger partial charge is 0.497 e. The van der Waals surface area contributed by atoms with E-state index in [0.717, 1.165) is 22.7 Å². The van der Waals surface area contributed by atoms with Gasteiger partial charge in [-0.1, -0.05) is 24.3 Å². The molecule has 0 aliphatic carbocycles. The standard InChI is InChI=1S/C20H20N2O2S/c1-14-5-3-4-6-15(14)11-12-21-19(23)18-13-25-20(22-18)16-7-9-17(24-2)10-8-16/h3-10,13H,11-12H2,1-2H3,(H,21,23). The minimum Gasteiger partial charge on any atom is -0.497 e. The molecule has 1 aromatic heterocycles. The number of aromatic nitrogens is 1. The van der Waals surface area contributed by atoms with E-state index in [4.69, 9.17) is 4.74 Å². The van der Waals surface area contributed by atoms with Crippen LogP contribution in [0.5, 0.6) is 5.75 Å².